The number of hydrogen-bond donors (Lipinski definition) is 3. The number of aliphatic hydroxyl groups is 2. The summed E-state index contributed by atoms with van der Waals surface area (Å²) in [7, 11) is -3.96. The Morgan fingerprint density at radius 3 is 2.24 bits per heavy atom. The zero-order valence-corrected chi connectivity index (χ0v) is 19.6. The molecule has 2 aromatic carbocycles. The zero-order valence-electron chi connectivity index (χ0n) is 18.7. The molecule has 1 aliphatic heterocycles. The highest BCUT2D eigenvalue weighted by Crippen LogP contribution is 2.37. The Hall–Kier alpha value is -2.34. The van der Waals surface area contributed by atoms with E-state index in [1.165, 1.54) is 12.1 Å². The topological polar surface area (TPSA) is 122 Å². The van der Waals surface area contributed by atoms with Crippen LogP contribution in [-0.4, -0.2) is 81.8 Å². The second-order valence-corrected chi connectivity index (χ2v) is 11.2. The predicted molar refractivity (Wildman–Crippen MR) is 123 cm³/mol. The maximum atomic E-state index is 12.6. The first kappa shape index (κ1) is 23.4. The number of aliphatic hydroxyl groups excluding tert-OH is 1. The van der Waals surface area contributed by atoms with Crippen LogP contribution in [0, 0.1) is 0 Å². The van der Waals surface area contributed by atoms with Gasteiger partial charge in [-0.05, 0) is 54.5 Å². The van der Waals surface area contributed by atoms with Gasteiger partial charge in [0.15, 0.2) is 0 Å². The summed E-state index contributed by atoms with van der Waals surface area (Å²) >= 11 is 0. The number of benzene rings is 2. The molecule has 9 nitrogen and oxygen atoms in total. The van der Waals surface area contributed by atoms with Crippen LogP contribution in [0.2, 0.25) is 0 Å². The molecule has 3 N–H and O–H groups in total. The number of nitrogens with zero attached hydrogens (tertiary/aromatic N) is 3. The maximum Gasteiger partial charge on any atom is 0.265 e. The molecular formula is C24H29N3O6S. The minimum atomic E-state index is -3.96. The van der Waals surface area contributed by atoms with E-state index in [0.717, 1.165) is 5.56 Å². The largest absolute Gasteiger partial charge is 0.380 e. The van der Waals surface area contributed by atoms with Crippen LogP contribution in [0.5, 0.6) is 0 Å². The number of hydrogen-bond acceptors (Lipinski definition) is 7. The Morgan fingerprint density at radius 2 is 1.65 bits per heavy atom. The van der Waals surface area contributed by atoms with Gasteiger partial charge in [0.1, 0.15) is 11.8 Å². The van der Waals surface area contributed by atoms with Crippen molar-refractivity contribution in [2.24, 2.45) is 0 Å². The molecule has 2 aliphatic carbocycles. The number of amides is 1. The molecule has 2 saturated carbocycles. The van der Waals surface area contributed by atoms with E-state index in [1.807, 2.05) is 17.0 Å². The summed E-state index contributed by atoms with van der Waals surface area (Å²) in [6.45, 7) is 1.92. The minimum Gasteiger partial charge on any atom is -0.380 e. The fraction of sp³-hybridized carbons (Fsp3) is 0.458. The second-order valence-electron chi connectivity index (χ2n) is 9.39. The van der Waals surface area contributed by atoms with Crippen molar-refractivity contribution >= 4 is 15.9 Å². The summed E-state index contributed by atoms with van der Waals surface area (Å²) in [5, 5.41) is 30.9. The molecule has 34 heavy (non-hydrogen) atoms. The van der Waals surface area contributed by atoms with Crippen LogP contribution in [-0.2, 0) is 14.8 Å². The number of hydroxylamine groups is 1. The van der Waals surface area contributed by atoms with Crippen LogP contribution in [0.25, 0.3) is 11.1 Å². The zero-order chi connectivity index (χ0) is 24.1. The fourth-order valence-corrected chi connectivity index (χ4v) is 5.64. The van der Waals surface area contributed by atoms with Crippen molar-refractivity contribution in [3.05, 3.63) is 54.1 Å². The average molecular weight is 488 g/mol. The van der Waals surface area contributed by atoms with Crippen molar-refractivity contribution < 1.29 is 28.6 Å². The predicted octanol–water partition coefficient (Wildman–Crippen LogP) is 1.56. The highest BCUT2D eigenvalue weighted by Gasteiger charge is 2.50. The summed E-state index contributed by atoms with van der Waals surface area (Å²) < 4.78 is 25.7. The van der Waals surface area contributed by atoms with Gasteiger partial charge in [0, 0.05) is 26.2 Å². The Kier molecular flexibility index (Phi) is 5.99. The lowest BCUT2D eigenvalue weighted by Gasteiger charge is -2.38. The van der Waals surface area contributed by atoms with Gasteiger partial charge in [-0.1, -0.05) is 40.9 Å². The van der Waals surface area contributed by atoms with E-state index in [-0.39, 0.29) is 16.8 Å². The summed E-state index contributed by atoms with van der Waals surface area (Å²) in [5.41, 5.74) is 1.01. The SMILES string of the molecule is O=C(N1CCN(C(O)c2ccc(-c3cccc(S(=O)(=O)N(O)C4CC4)c3)cc2)CC1)C1(O)CC1. The van der Waals surface area contributed by atoms with E-state index in [0.29, 0.717) is 67.5 Å². The van der Waals surface area contributed by atoms with Gasteiger partial charge in [-0.2, -0.15) is 0 Å². The van der Waals surface area contributed by atoms with Gasteiger partial charge in [0.2, 0.25) is 0 Å². The Bertz CT molecular complexity index is 1170. The molecule has 1 amide bonds. The van der Waals surface area contributed by atoms with E-state index in [4.69, 9.17) is 0 Å². The standard InChI is InChI=1S/C24H29N3O6S/c28-22(25-12-14-26(15-13-25)23(29)24(30)10-11-24)18-6-4-17(5-7-18)19-2-1-3-21(16-19)34(32,33)27(31)20-8-9-20/h1-7,16,20,22,28,30-31H,8-15H2. The van der Waals surface area contributed by atoms with Crippen molar-refractivity contribution in [3.8, 4) is 11.1 Å². The smallest absolute Gasteiger partial charge is 0.265 e. The molecule has 0 aromatic heterocycles. The van der Waals surface area contributed by atoms with Crippen LogP contribution in [0.1, 0.15) is 37.5 Å². The number of rotatable bonds is 7. The Balaban J connectivity index is 1.25. The monoisotopic (exact) mass is 487 g/mol. The molecule has 182 valence electrons. The van der Waals surface area contributed by atoms with Crippen molar-refractivity contribution in [1.29, 1.82) is 0 Å². The van der Waals surface area contributed by atoms with E-state index in [2.05, 4.69) is 0 Å². The van der Waals surface area contributed by atoms with Crippen LogP contribution in [0.3, 0.4) is 0 Å². The first-order valence-electron chi connectivity index (χ1n) is 11.6. The molecule has 1 atom stereocenters. The molecule has 0 spiro atoms. The quantitative estimate of drug-likeness (QED) is 0.507. The summed E-state index contributed by atoms with van der Waals surface area (Å²) in [6, 6.07) is 13.4. The van der Waals surface area contributed by atoms with Crippen LogP contribution < -0.4 is 0 Å². The molecule has 1 heterocycles. The van der Waals surface area contributed by atoms with E-state index in [9.17, 15) is 28.6 Å². The molecule has 10 heteroatoms. The molecule has 0 radical (unpaired) electrons. The van der Waals surface area contributed by atoms with Gasteiger partial charge in [-0.15, -0.1) is 0 Å². The van der Waals surface area contributed by atoms with Crippen LogP contribution >= 0.6 is 0 Å². The van der Waals surface area contributed by atoms with E-state index < -0.39 is 21.9 Å². The van der Waals surface area contributed by atoms with Gasteiger partial charge in [0.05, 0.1) is 10.9 Å². The first-order valence-corrected chi connectivity index (χ1v) is 13.0. The van der Waals surface area contributed by atoms with Gasteiger partial charge in [-0.3, -0.25) is 14.9 Å². The van der Waals surface area contributed by atoms with Crippen molar-refractivity contribution in [2.75, 3.05) is 26.2 Å². The third kappa shape index (κ3) is 4.49. The maximum absolute atomic E-state index is 12.6. The second kappa shape index (κ2) is 8.71. The van der Waals surface area contributed by atoms with Crippen LogP contribution in [0.15, 0.2) is 53.4 Å². The average Bonchev–Trinajstić information content (AvgIpc) is 3.80. The molecular weight excluding hydrogens is 458 g/mol. The summed E-state index contributed by atoms with van der Waals surface area (Å²) in [4.78, 5) is 15.9. The first-order chi connectivity index (χ1) is 16.2. The molecule has 0 bridgehead atoms. The normalized spacial score (nSPS) is 21.5. The van der Waals surface area contributed by atoms with Crippen molar-refractivity contribution in [3.63, 3.8) is 0 Å². The van der Waals surface area contributed by atoms with Gasteiger partial charge >= 0.3 is 0 Å². The number of carbonyl (C=O) groups excluding carboxylic acids is 1. The lowest BCUT2D eigenvalue weighted by atomic mass is 10.0. The van der Waals surface area contributed by atoms with Gasteiger partial charge in [0.25, 0.3) is 15.9 Å². The number of sulfonamides is 1. The highest BCUT2D eigenvalue weighted by atomic mass is 32.2. The molecule has 3 aliphatic rings. The third-order valence-electron chi connectivity index (χ3n) is 6.85. The van der Waals surface area contributed by atoms with Gasteiger partial charge in [-0.25, -0.2) is 8.42 Å². The van der Waals surface area contributed by atoms with Gasteiger partial charge < -0.3 is 15.1 Å². The summed E-state index contributed by atoms with van der Waals surface area (Å²) in [5.74, 6) is -0.211. The lowest BCUT2D eigenvalue weighted by Crippen LogP contribution is -2.52. The lowest BCUT2D eigenvalue weighted by molar-refractivity contribution is -0.146. The minimum absolute atomic E-state index is 0.0341. The van der Waals surface area contributed by atoms with Crippen molar-refractivity contribution in [1.82, 2.24) is 14.3 Å². The Morgan fingerprint density at radius 1 is 1.00 bits per heavy atom. The number of piperazine rings is 1. The molecule has 1 saturated heterocycles. The van der Waals surface area contributed by atoms with E-state index >= 15 is 0 Å². The van der Waals surface area contributed by atoms with E-state index in [1.54, 1.807) is 29.2 Å². The Labute approximate surface area is 198 Å². The molecule has 2 aromatic rings. The molecule has 5 rings (SSSR count). The molecule has 1 unspecified atom stereocenters. The highest BCUT2D eigenvalue weighted by molar-refractivity contribution is 7.89. The van der Waals surface area contributed by atoms with Crippen LogP contribution in [0.4, 0.5) is 0 Å². The fourth-order valence-electron chi connectivity index (χ4n) is 4.29. The van der Waals surface area contributed by atoms with Crippen molar-refractivity contribution in [2.45, 2.75) is 48.4 Å². The third-order valence-corrected chi connectivity index (χ3v) is 8.49. The summed E-state index contributed by atoms with van der Waals surface area (Å²) in [6.07, 6.45) is 1.53. The number of carbonyl (C=O) groups is 1. The molecule has 3 fully saturated rings.